The van der Waals surface area contributed by atoms with Gasteiger partial charge in [0.1, 0.15) is 30.0 Å². The molecule has 0 bridgehead atoms. The Morgan fingerprint density at radius 1 is 1.16 bits per heavy atom. The minimum atomic E-state index is -2.23. The van der Waals surface area contributed by atoms with Crippen molar-refractivity contribution in [1.29, 1.82) is 0 Å². The lowest BCUT2D eigenvalue weighted by molar-refractivity contribution is -0.146. The molecule has 1 aromatic heterocycles. The van der Waals surface area contributed by atoms with Crippen molar-refractivity contribution in [3.8, 4) is 5.75 Å². The van der Waals surface area contributed by atoms with Crippen molar-refractivity contribution >= 4 is 16.8 Å². The molecule has 5 nitrogen and oxygen atoms in total. The molecule has 37 heavy (non-hydrogen) atoms. The van der Waals surface area contributed by atoms with Gasteiger partial charge < -0.3 is 14.6 Å². The van der Waals surface area contributed by atoms with Crippen LogP contribution in [0.4, 0.5) is 17.6 Å². The van der Waals surface area contributed by atoms with Crippen LogP contribution in [0.25, 0.3) is 10.9 Å². The Kier molecular flexibility index (Phi) is 6.68. The first-order chi connectivity index (χ1) is 17.6. The Labute approximate surface area is 213 Å². The van der Waals surface area contributed by atoms with Crippen LogP contribution in [-0.2, 0) is 11.2 Å². The quantitative estimate of drug-likeness (QED) is 0.431. The maximum absolute atomic E-state index is 15.6. The van der Waals surface area contributed by atoms with Crippen molar-refractivity contribution < 1.29 is 27.1 Å². The molecule has 1 amide bonds. The number of alkyl halides is 2. The van der Waals surface area contributed by atoms with E-state index in [9.17, 15) is 13.6 Å². The summed E-state index contributed by atoms with van der Waals surface area (Å²) in [6, 6.07) is 8.03. The number of para-hydroxylation sites is 1. The van der Waals surface area contributed by atoms with Crippen LogP contribution in [0.1, 0.15) is 43.6 Å². The van der Waals surface area contributed by atoms with Crippen molar-refractivity contribution in [2.24, 2.45) is 5.92 Å². The molecule has 1 fully saturated rings. The SMILES string of the molecule is C[C@@H]1Cc2c([nH]c3ccccc23)C(c2c(F)cc(OCCN3CC(CF)C3)cc2F)N1C(=O)C(C)(C)F. The van der Waals surface area contributed by atoms with E-state index in [4.69, 9.17) is 4.74 Å². The van der Waals surface area contributed by atoms with Crippen molar-refractivity contribution in [2.75, 3.05) is 32.9 Å². The summed E-state index contributed by atoms with van der Waals surface area (Å²) in [5.41, 5.74) is -0.458. The van der Waals surface area contributed by atoms with Crippen LogP contribution in [-0.4, -0.2) is 65.3 Å². The largest absolute Gasteiger partial charge is 0.492 e. The highest BCUT2D eigenvalue weighted by atomic mass is 19.1. The van der Waals surface area contributed by atoms with Gasteiger partial charge >= 0.3 is 0 Å². The lowest BCUT2D eigenvalue weighted by atomic mass is 9.87. The number of H-pyrrole nitrogens is 1. The van der Waals surface area contributed by atoms with E-state index < -0.39 is 35.3 Å². The molecule has 0 spiro atoms. The molecule has 0 radical (unpaired) electrons. The summed E-state index contributed by atoms with van der Waals surface area (Å²) in [6.45, 7) is 5.71. The zero-order valence-electron chi connectivity index (χ0n) is 21.2. The van der Waals surface area contributed by atoms with Gasteiger partial charge in [0.25, 0.3) is 5.91 Å². The number of carbonyl (C=O) groups excluding carboxylic acids is 1. The predicted octanol–water partition coefficient (Wildman–Crippen LogP) is 5.34. The minimum Gasteiger partial charge on any atom is -0.492 e. The molecule has 0 saturated carbocycles. The Bertz CT molecular complexity index is 1290. The Morgan fingerprint density at radius 3 is 2.49 bits per heavy atom. The second-order valence-electron chi connectivity index (χ2n) is 10.6. The number of nitrogens with one attached hydrogen (secondary N) is 1. The van der Waals surface area contributed by atoms with Gasteiger partial charge in [-0.1, -0.05) is 18.2 Å². The Morgan fingerprint density at radius 2 is 1.84 bits per heavy atom. The molecule has 3 aromatic rings. The predicted molar refractivity (Wildman–Crippen MR) is 133 cm³/mol. The number of carbonyl (C=O) groups is 1. The van der Waals surface area contributed by atoms with Crippen LogP contribution in [0.15, 0.2) is 36.4 Å². The molecule has 5 rings (SSSR count). The molecule has 3 heterocycles. The van der Waals surface area contributed by atoms with Crippen LogP contribution < -0.4 is 4.74 Å². The Balaban J connectivity index is 1.50. The van der Waals surface area contributed by atoms with E-state index in [0.717, 1.165) is 42.4 Å². The number of hydrogen-bond donors (Lipinski definition) is 1. The van der Waals surface area contributed by atoms with Crippen LogP contribution in [0, 0.1) is 17.6 Å². The summed E-state index contributed by atoms with van der Waals surface area (Å²) in [5.74, 6) is -2.54. The molecule has 2 atom stereocenters. The van der Waals surface area contributed by atoms with Crippen LogP contribution >= 0.6 is 0 Å². The number of likely N-dealkylation sites (tertiary alicyclic amines) is 1. The average molecular weight is 518 g/mol. The molecular weight excluding hydrogens is 486 g/mol. The third-order valence-corrected chi connectivity index (χ3v) is 7.37. The Hall–Kier alpha value is -3.07. The first-order valence-corrected chi connectivity index (χ1v) is 12.6. The summed E-state index contributed by atoms with van der Waals surface area (Å²) < 4.78 is 64.4. The fraction of sp³-hybridized carbons (Fsp3) is 0.464. The van der Waals surface area contributed by atoms with Crippen LogP contribution in [0.5, 0.6) is 5.75 Å². The van der Waals surface area contributed by atoms with Gasteiger partial charge in [0.05, 0.1) is 12.2 Å². The van der Waals surface area contributed by atoms with Crippen molar-refractivity contribution in [1.82, 2.24) is 14.8 Å². The number of ether oxygens (including phenoxy) is 1. The first-order valence-electron chi connectivity index (χ1n) is 12.6. The van der Waals surface area contributed by atoms with Gasteiger partial charge in [-0.05, 0) is 38.8 Å². The number of fused-ring (bicyclic) bond motifs is 3. The normalized spacial score (nSPS) is 20.7. The van der Waals surface area contributed by atoms with Gasteiger partial charge in [0.15, 0.2) is 5.67 Å². The summed E-state index contributed by atoms with van der Waals surface area (Å²) in [4.78, 5) is 19.8. The smallest absolute Gasteiger partial charge is 0.260 e. The molecule has 2 aliphatic rings. The van der Waals surface area contributed by atoms with Gasteiger partial charge in [0.2, 0.25) is 0 Å². The summed E-state index contributed by atoms with van der Waals surface area (Å²) in [5, 5.41) is 0.905. The van der Waals surface area contributed by atoms with Gasteiger partial charge in [-0.3, -0.25) is 14.1 Å². The number of nitrogens with zero attached hydrogens (tertiary/aromatic N) is 2. The molecule has 198 valence electrons. The molecule has 2 aromatic carbocycles. The highest BCUT2D eigenvalue weighted by Crippen LogP contribution is 2.44. The zero-order valence-corrected chi connectivity index (χ0v) is 21.2. The summed E-state index contributed by atoms with van der Waals surface area (Å²) in [7, 11) is 0. The van der Waals surface area contributed by atoms with E-state index in [-0.39, 0.29) is 30.5 Å². The number of aromatic nitrogens is 1. The molecule has 0 aliphatic carbocycles. The molecule has 1 unspecified atom stereocenters. The van der Waals surface area contributed by atoms with Gasteiger partial charge in [-0.2, -0.15) is 0 Å². The zero-order chi connectivity index (χ0) is 26.5. The fourth-order valence-electron chi connectivity index (χ4n) is 5.52. The van der Waals surface area contributed by atoms with E-state index in [0.29, 0.717) is 31.7 Å². The third kappa shape index (κ3) is 4.69. The molecule has 2 aliphatic heterocycles. The van der Waals surface area contributed by atoms with E-state index in [1.807, 2.05) is 29.2 Å². The highest BCUT2D eigenvalue weighted by molar-refractivity contribution is 5.89. The third-order valence-electron chi connectivity index (χ3n) is 7.37. The van der Waals surface area contributed by atoms with Gasteiger partial charge in [-0.15, -0.1) is 0 Å². The number of aromatic amines is 1. The van der Waals surface area contributed by atoms with Crippen molar-refractivity contribution in [3.05, 3.63) is 64.9 Å². The van der Waals surface area contributed by atoms with E-state index in [2.05, 4.69) is 4.98 Å². The molecule has 9 heteroatoms. The summed E-state index contributed by atoms with van der Waals surface area (Å²) in [6.07, 6.45) is 0.419. The number of rotatable bonds is 7. The van der Waals surface area contributed by atoms with Crippen molar-refractivity contribution in [2.45, 2.75) is 44.9 Å². The summed E-state index contributed by atoms with van der Waals surface area (Å²) >= 11 is 0. The maximum Gasteiger partial charge on any atom is 0.260 e. The number of halogens is 4. The lowest BCUT2D eigenvalue weighted by Gasteiger charge is -2.43. The van der Waals surface area contributed by atoms with E-state index in [1.165, 1.54) is 4.90 Å². The second kappa shape index (κ2) is 9.67. The fourth-order valence-corrected chi connectivity index (χ4v) is 5.52. The topological polar surface area (TPSA) is 48.6 Å². The number of amides is 1. The average Bonchev–Trinajstić information content (AvgIpc) is 3.17. The van der Waals surface area contributed by atoms with Crippen molar-refractivity contribution in [3.63, 3.8) is 0 Å². The number of hydrogen-bond acceptors (Lipinski definition) is 3. The van der Waals surface area contributed by atoms with Crippen LogP contribution in [0.3, 0.4) is 0 Å². The molecular formula is C28H31F4N3O2. The first kappa shape index (κ1) is 25.6. The monoisotopic (exact) mass is 517 g/mol. The highest BCUT2D eigenvalue weighted by Gasteiger charge is 2.45. The minimum absolute atomic E-state index is 0.0192. The van der Waals surface area contributed by atoms with Gasteiger partial charge in [-0.25, -0.2) is 13.2 Å². The lowest BCUT2D eigenvalue weighted by Crippen LogP contribution is -2.52. The molecule has 1 N–H and O–H groups in total. The second-order valence-corrected chi connectivity index (χ2v) is 10.6. The number of benzene rings is 2. The van der Waals surface area contributed by atoms with E-state index >= 15 is 8.78 Å². The maximum atomic E-state index is 15.6. The van der Waals surface area contributed by atoms with Gasteiger partial charge in [0, 0.05) is 60.3 Å². The van der Waals surface area contributed by atoms with Crippen LogP contribution in [0.2, 0.25) is 0 Å². The molecule has 1 saturated heterocycles. The van der Waals surface area contributed by atoms with E-state index in [1.54, 1.807) is 6.92 Å². The standard InChI is InChI=1S/C28H31F4N3O2/c1-16-10-20-19-6-4-5-7-23(19)33-25(20)26(35(16)27(36)28(2,3)32)24-21(30)11-18(12-22(24)31)37-9-8-34-14-17(13-29)15-34/h4-7,11-12,16-17,26,33H,8-10,13-15H2,1-3H3/t16-,26?/m1/s1.